The standard InChI is InChI=1S/C15H14N2O2S/c1-11-4-6-20-14(11)10-17-15(19)13-7-12(3-2-5-18)8-16-9-13/h4,6-9,18H,5,10H2,1H3,(H,17,19). The molecule has 2 N–H and O–H groups in total. The highest BCUT2D eigenvalue weighted by atomic mass is 32.1. The van der Waals surface area contributed by atoms with E-state index in [9.17, 15) is 4.79 Å². The second-order valence-corrected chi connectivity index (χ2v) is 5.13. The Morgan fingerprint density at radius 1 is 1.50 bits per heavy atom. The average molecular weight is 286 g/mol. The van der Waals surface area contributed by atoms with Gasteiger partial charge in [0.05, 0.1) is 12.1 Å². The Morgan fingerprint density at radius 3 is 3.05 bits per heavy atom. The summed E-state index contributed by atoms with van der Waals surface area (Å²) in [5.41, 5.74) is 2.25. The fraction of sp³-hybridized carbons (Fsp3) is 0.200. The van der Waals surface area contributed by atoms with E-state index in [2.05, 4.69) is 22.1 Å². The van der Waals surface area contributed by atoms with Crippen LogP contribution in [0.25, 0.3) is 0 Å². The zero-order chi connectivity index (χ0) is 14.4. The molecule has 0 aliphatic rings. The summed E-state index contributed by atoms with van der Waals surface area (Å²) in [5.74, 6) is 5.07. The van der Waals surface area contributed by atoms with Crippen molar-refractivity contribution in [1.29, 1.82) is 0 Å². The molecule has 0 unspecified atom stereocenters. The number of aryl methyl sites for hydroxylation is 1. The third-order valence-electron chi connectivity index (χ3n) is 2.69. The van der Waals surface area contributed by atoms with E-state index in [-0.39, 0.29) is 12.5 Å². The molecule has 0 aliphatic carbocycles. The van der Waals surface area contributed by atoms with Gasteiger partial charge in [-0.2, -0.15) is 0 Å². The molecule has 0 bridgehead atoms. The van der Waals surface area contributed by atoms with Crippen LogP contribution in [0.4, 0.5) is 0 Å². The van der Waals surface area contributed by atoms with Crippen molar-refractivity contribution in [2.75, 3.05) is 6.61 Å². The molecule has 102 valence electrons. The number of pyridine rings is 1. The van der Waals surface area contributed by atoms with Crippen LogP contribution < -0.4 is 5.32 Å². The van der Waals surface area contributed by atoms with Crippen molar-refractivity contribution in [3.63, 3.8) is 0 Å². The van der Waals surface area contributed by atoms with Gasteiger partial charge in [0.2, 0.25) is 0 Å². The van der Waals surface area contributed by atoms with E-state index in [0.29, 0.717) is 17.7 Å². The molecule has 1 amide bonds. The van der Waals surface area contributed by atoms with Gasteiger partial charge >= 0.3 is 0 Å². The highest BCUT2D eigenvalue weighted by Crippen LogP contribution is 2.15. The van der Waals surface area contributed by atoms with Crippen LogP contribution >= 0.6 is 11.3 Å². The van der Waals surface area contributed by atoms with Crippen molar-refractivity contribution >= 4 is 17.2 Å². The number of thiophene rings is 1. The number of hydrogen-bond acceptors (Lipinski definition) is 4. The summed E-state index contributed by atoms with van der Waals surface area (Å²) in [5, 5.41) is 13.5. The zero-order valence-electron chi connectivity index (χ0n) is 11.0. The van der Waals surface area contributed by atoms with Crippen molar-refractivity contribution in [1.82, 2.24) is 10.3 Å². The van der Waals surface area contributed by atoms with Crippen LogP contribution in [0.15, 0.2) is 29.9 Å². The SMILES string of the molecule is Cc1ccsc1CNC(=O)c1cncc(C#CCO)c1. The Labute approximate surface area is 121 Å². The predicted octanol–water partition coefficient (Wildman–Crippen LogP) is 1.73. The maximum Gasteiger partial charge on any atom is 0.253 e. The molecule has 2 rings (SSSR count). The lowest BCUT2D eigenvalue weighted by molar-refractivity contribution is 0.0951. The fourth-order valence-electron chi connectivity index (χ4n) is 1.62. The van der Waals surface area contributed by atoms with E-state index < -0.39 is 0 Å². The van der Waals surface area contributed by atoms with Crippen LogP contribution in [0, 0.1) is 18.8 Å². The Bertz CT molecular complexity index is 668. The summed E-state index contributed by atoms with van der Waals surface area (Å²) in [6.07, 6.45) is 3.06. The average Bonchev–Trinajstić information content (AvgIpc) is 2.88. The van der Waals surface area contributed by atoms with Crippen LogP contribution in [-0.4, -0.2) is 22.6 Å². The van der Waals surface area contributed by atoms with E-state index in [1.165, 1.54) is 11.8 Å². The Hall–Kier alpha value is -2.16. The molecule has 0 saturated heterocycles. The molecular formula is C15H14N2O2S. The molecule has 2 heterocycles. The van der Waals surface area contributed by atoms with Crippen LogP contribution in [0.1, 0.15) is 26.4 Å². The van der Waals surface area contributed by atoms with Gasteiger partial charge in [0.1, 0.15) is 6.61 Å². The van der Waals surface area contributed by atoms with E-state index in [1.807, 2.05) is 18.4 Å². The first-order valence-corrected chi connectivity index (χ1v) is 6.94. The quantitative estimate of drug-likeness (QED) is 0.845. The molecule has 0 saturated carbocycles. The number of aliphatic hydroxyl groups is 1. The molecule has 0 atom stereocenters. The van der Waals surface area contributed by atoms with Gasteiger partial charge in [-0.3, -0.25) is 9.78 Å². The molecule has 4 nitrogen and oxygen atoms in total. The van der Waals surface area contributed by atoms with Gasteiger partial charge in [-0.15, -0.1) is 11.3 Å². The third-order valence-corrected chi connectivity index (χ3v) is 3.71. The van der Waals surface area contributed by atoms with Crippen molar-refractivity contribution in [3.8, 4) is 11.8 Å². The van der Waals surface area contributed by atoms with Crippen molar-refractivity contribution in [2.24, 2.45) is 0 Å². The van der Waals surface area contributed by atoms with Crippen molar-refractivity contribution in [2.45, 2.75) is 13.5 Å². The smallest absolute Gasteiger partial charge is 0.253 e. The normalized spacial score (nSPS) is 9.70. The fourth-order valence-corrected chi connectivity index (χ4v) is 2.47. The van der Waals surface area contributed by atoms with Gasteiger partial charge in [-0.05, 0) is 30.0 Å². The van der Waals surface area contributed by atoms with Crippen LogP contribution in [0.2, 0.25) is 0 Å². The number of nitrogens with one attached hydrogen (secondary N) is 1. The summed E-state index contributed by atoms with van der Waals surface area (Å²) in [6, 6.07) is 3.69. The maximum atomic E-state index is 12.0. The number of carbonyl (C=O) groups is 1. The highest BCUT2D eigenvalue weighted by molar-refractivity contribution is 7.10. The van der Waals surface area contributed by atoms with Gasteiger partial charge in [0, 0.05) is 22.8 Å². The number of hydrogen-bond donors (Lipinski definition) is 2. The van der Waals surface area contributed by atoms with Crippen LogP contribution in [0.3, 0.4) is 0 Å². The lowest BCUT2D eigenvalue weighted by atomic mass is 10.2. The summed E-state index contributed by atoms with van der Waals surface area (Å²) < 4.78 is 0. The van der Waals surface area contributed by atoms with Gasteiger partial charge in [0.15, 0.2) is 0 Å². The Kier molecular flexibility index (Phi) is 4.88. The van der Waals surface area contributed by atoms with E-state index in [0.717, 1.165) is 4.88 Å². The maximum absolute atomic E-state index is 12.0. The molecule has 0 aromatic carbocycles. The lowest BCUT2D eigenvalue weighted by Crippen LogP contribution is -2.22. The zero-order valence-corrected chi connectivity index (χ0v) is 11.8. The van der Waals surface area contributed by atoms with Crippen molar-refractivity contribution < 1.29 is 9.90 Å². The van der Waals surface area contributed by atoms with Crippen LogP contribution in [0.5, 0.6) is 0 Å². The number of rotatable bonds is 3. The third kappa shape index (κ3) is 3.67. The Balaban J connectivity index is 2.04. The van der Waals surface area contributed by atoms with E-state index >= 15 is 0 Å². The second kappa shape index (κ2) is 6.85. The van der Waals surface area contributed by atoms with E-state index in [4.69, 9.17) is 5.11 Å². The monoisotopic (exact) mass is 286 g/mol. The van der Waals surface area contributed by atoms with Crippen molar-refractivity contribution in [3.05, 3.63) is 51.5 Å². The first kappa shape index (κ1) is 14.3. The molecular weight excluding hydrogens is 272 g/mol. The van der Waals surface area contributed by atoms with Gasteiger partial charge < -0.3 is 10.4 Å². The summed E-state index contributed by atoms with van der Waals surface area (Å²) in [6.45, 7) is 2.31. The minimum atomic E-state index is -0.214. The summed E-state index contributed by atoms with van der Waals surface area (Å²) in [4.78, 5) is 17.2. The minimum absolute atomic E-state index is 0.182. The molecule has 2 aromatic heterocycles. The molecule has 0 aliphatic heterocycles. The number of aromatic nitrogens is 1. The van der Waals surface area contributed by atoms with Crippen LogP contribution in [-0.2, 0) is 6.54 Å². The molecule has 20 heavy (non-hydrogen) atoms. The lowest BCUT2D eigenvalue weighted by Gasteiger charge is -2.04. The second-order valence-electron chi connectivity index (χ2n) is 4.13. The Morgan fingerprint density at radius 2 is 2.35 bits per heavy atom. The number of nitrogens with zero attached hydrogens (tertiary/aromatic N) is 1. The molecule has 2 aromatic rings. The largest absolute Gasteiger partial charge is 0.384 e. The van der Waals surface area contributed by atoms with Gasteiger partial charge in [-0.25, -0.2) is 0 Å². The van der Waals surface area contributed by atoms with E-state index in [1.54, 1.807) is 23.6 Å². The number of aliphatic hydroxyl groups excluding tert-OH is 1. The number of amides is 1. The number of carbonyl (C=O) groups excluding carboxylic acids is 1. The topological polar surface area (TPSA) is 62.2 Å². The predicted molar refractivity (Wildman–Crippen MR) is 78.4 cm³/mol. The van der Waals surface area contributed by atoms with Gasteiger partial charge in [0.25, 0.3) is 5.91 Å². The first-order valence-electron chi connectivity index (χ1n) is 6.06. The highest BCUT2D eigenvalue weighted by Gasteiger charge is 2.07. The molecule has 5 heteroatoms. The molecule has 0 fully saturated rings. The molecule has 0 radical (unpaired) electrons. The van der Waals surface area contributed by atoms with Gasteiger partial charge in [-0.1, -0.05) is 11.8 Å². The first-order chi connectivity index (χ1) is 9.70. The summed E-state index contributed by atoms with van der Waals surface area (Å²) in [7, 11) is 0. The minimum Gasteiger partial charge on any atom is -0.384 e. The molecule has 0 spiro atoms. The summed E-state index contributed by atoms with van der Waals surface area (Å²) >= 11 is 1.62.